The second kappa shape index (κ2) is 5.39. The van der Waals surface area contributed by atoms with Crippen LogP contribution in [0.3, 0.4) is 0 Å². The molecule has 5 nitrogen and oxygen atoms in total. The minimum Gasteiger partial charge on any atom is -0.481 e. The summed E-state index contributed by atoms with van der Waals surface area (Å²) in [5.41, 5.74) is 0. The second-order valence-electron chi connectivity index (χ2n) is 5.75. The predicted molar refractivity (Wildman–Crippen MR) is 71.9 cm³/mol. The van der Waals surface area contributed by atoms with E-state index in [-0.39, 0.29) is 30.1 Å². The fraction of sp³-hybridized carbons (Fsp3) is 0.857. The molecule has 0 saturated carbocycles. The van der Waals surface area contributed by atoms with Crippen LogP contribution in [-0.4, -0.2) is 52.1 Å². The third-order valence-electron chi connectivity index (χ3n) is 4.87. The summed E-state index contributed by atoms with van der Waals surface area (Å²) >= 11 is 0. The van der Waals surface area contributed by atoms with Gasteiger partial charge in [-0.05, 0) is 32.1 Å². The number of carboxylic acid groups (broad SMARTS) is 1. The summed E-state index contributed by atoms with van der Waals surface area (Å²) in [6.07, 6.45) is 4.29. The van der Waals surface area contributed by atoms with Crippen LogP contribution in [0.2, 0.25) is 0 Å². The van der Waals surface area contributed by atoms with Crippen molar-refractivity contribution in [3.8, 4) is 0 Å². The molecule has 2 amide bonds. The van der Waals surface area contributed by atoms with Crippen LogP contribution < -0.4 is 0 Å². The Morgan fingerprint density at radius 1 is 1.32 bits per heavy atom. The molecule has 0 spiro atoms. The number of nitrogens with zero attached hydrogens (tertiary/aromatic N) is 2. The van der Waals surface area contributed by atoms with Crippen molar-refractivity contribution < 1.29 is 14.7 Å². The highest BCUT2D eigenvalue weighted by Crippen LogP contribution is 2.42. The number of hydrogen-bond acceptors (Lipinski definition) is 2. The van der Waals surface area contributed by atoms with Crippen LogP contribution in [0.1, 0.15) is 46.0 Å². The Hall–Kier alpha value is -1.26. The number of carbonyl (C=O) groups excluding carboxylic acids is 1. The first-order valence-corrected chi connectivity index (χ1v) is 7.29. The zero-order valence-corrected chi connectivity index (χ0v) is 12.0. The maximum Gasteiger partial charge on any atom is 0.320 e. The lowest BCUT2D eigenvalue weighted by molar-refractivity contribution is -0.142. The van der Waals surface area contributed by atoms with Gasteiger partial charge in [-0.25, -0.2) is 4.79 Å². The van der Waals surface area contributed by atoms with Gasteiger partial charge in [-0.15, -0.1) is 0 Å². The first-order valence-electron chi connectivity index (χ1n) is 7.29. The van der Waals surface area contributed by atoms with E-state index in [4.69, 9.17) is 0 Å². The lowest BCUT2D eigenvalue weighted by Crippen LogP contribution is -2.48. The maximum atomic E-state index is 12.6. The minimum atomic E-state index is -0.754. The number of rotatable bonds is 4. The molecule has 0 aliphatic carbocycles. The molecule has 3 atom stereocenters. The van der Waals surface area contributed by atoms with Crippen molar-refractivity contribution in [2.75, 3.05) is 7.05 Å². The molecule has 0 aromatic rings. The molecule has 0 aromatic carbocycles. The largest absolute Gasteiger partial charge is 0.481 e. The van der Waals surface area contributed by atoms with Crippen molar-refractivity contribution >= 4 is 12.0 Å². The van der Waals surface area contributed by atoms with Gasteiger partial charge in [0.1, 0.15) is 0 Å². The van der Waals surface area contributed by atoms with Crippen molar-refractivity contribution in [3.63, 3.8) is 0 Å². The second-order valence-corrected chi connectivity index (χ2v) is 5.75. The highest BCUT2D eigenvalue weighted by atomic mass is 16.4. The Morgan fingerprint density at radius 3 is 2.42 bits per heavy atom. The normalized spacial score (nSPS) is 29.1. The number of amides is 2. The Balaban J connectivity index is 2.10. The molecule has 2 heterocycles. The average Bonchev–Trinajstić information content (AvgIpc) is 2.96. The molecule has 2 bridgehead atoms. The van der Waals surface area contributed by atoms with Crippen molar-refractivity contribution in [1.82, 2.24) is 9.80 Å². The van der Waals surface area contributed by atoms with Crippen LogP contribution in [0.5, 0.6) is 0 Å². The van der Waals surface area contributed by atoms with Gasteiger partial charge >= 0.3 is 12.0 Å². The van der Waals surface area contributed by atoms with E-state index < -0.39 is 5.97 Å². The van der Waals surface area contributed by atoms with Gasteiger partial charge in [0.2, 0.25) is 0 Å². The number of hydrogen-bond donors (Lipinski definition) is 1. The SMILES string of the molecule is CCC(CC)N(C)C(=O)N1C2CCC1C(C(=O)O)C2. The molecule has 108 valence electrons. The van der Waals surface area contributed by atoms with Crippen LogP contribution in [0.25, 0.3) is 0 Å². The Kier molecular flexibility index (Phi) is 4.02. The van der Waals surface area contributed by atoms with E-state index in [2.05, 4.69) is 13.8 Å². The molecule has 0 aromatic heterocycles. The number of carbonyl (C=O) groups is 2. The summed E-state index contributed by atoms with van der Waals surface area (Å²) in [5, 5.41) is 9.22. The van der Waals surface area contributed by atoms with E-state index in [0.29, 0.717) is 6.42 Å². The fourth-order valence-corrected chi connectivity index (χ4v) is 3.73. The van der Waals surface area contributed by atoms with Gasteiger partial charge in [0.25, 0.3) is 0 Å². The molecule has 5 heteroatoms. The predicted octanol–water partition coefficient (Wildman–Crippen LogP) is 2.16. The summed E-state index contributed by atoms with van der Waals surface area (Å²) < 4.78 is 0. The lowest BCUT2D eigenvalue weighted by atomic mass is 9.89. The highest BCUT2D eigenvalue weighted by molar-refractivity contribution is 5.79. The number of fused-ring (bicyclic) bond motifs is 2. The fourth-order valence-electron chi connectivity index (χ4n) is 3.73. The standard InChI is InChI=1S/C14H24N2O3/c1-4-9(5-2)15(3)14(19)16-10-6-7-12(16)11(8-10)13(17)18/h9-12H,4-8H2,1-3H3,(H,17,18). The van der Waals surface area contributed by atoms with E-state index in [0.717, 1.165) is 25.7 Å². The third-order valence-corrected chi connectivity index (χ3v) is 4.87. The molecule has 19 heavy (non-hydrogen) atoms. The van der Waals surface area contributed by atoms with Gasteiger partial charge in [0.15, 0.2) is 0 Å². The smallest absolute Gasteiger partial charge is 0.320 e. The summed E-state index contributed by atoms with van der Waals surface area (Å²) in [5.74, 6) is -1.12. The molecule has 1 N–H and O–H groups in total. The average molecular weight is 268 g/mol. The van der Waals surface area contributed by atoms with Crippen LogP contribution >= 0.6 is 0 Å². The Bertz CT molecular complexity index is 368. The first-order chi connectivity index (χ1) is 9.01. The molecule has 2 aliphatic heterocycles. The highest BCUT2D eigenvalue weighted by Gasteiger charge is 2.52. The molecule has 3 unspecified atom stereocenters. The van der Waals surface area contributed by atoms with Crippen LogP contribution in [0, 0.1) is 5.92 Å². The van der Waals surface area contributed by atoms with Crippen molar-refractivity contribution in [1.29, 1.82) is 0 Å². The summed E-state index contributed by atoms with van der Waals surface area (Å²) in [6.45, 7) is 4.16. The molecule has 0 radical (unpaired) electrons. The van der Waals surface area contributed by atoms with Crippen LogP contribution in [-0.2, 0) is 4.79 Å². The first kappa shape index (κ1) is 14.2. The van der Waals surface area contributed by atoms with Crippen LogP contribution in [0.15, 0.2) is 0 Å². The van der Waals surface area contributed by atoms with Gasteiger partial charge in [-0.1, -0.05) is 13.8 Å². The van der Waals surface area contributed by atoms with E-state index in [1.54, 1.807) is 4.90 Å². The van der Waals surface area contributed by atoms with E-state index >= 15 is 0 Å². The Labute approximate surface area is 114 Å². The van der Waals surface area contributed by atoms with Gasteiger partial charge in [0, 0.05) is 25.2 Å². The minimum absolute atomic E-state index is 0.0185. The summed E-state index contributed by atoms with van der Waals surface area (Å²) in [4.78, 5) is 27.5. The van der Waals surface area contributed by atoms with Gasteiger partial charge in [0.05, 0.1) is 5.92 Å². The quantitative estimate of drug-likeness (QED) is 0.850. The molecular formula is C14H24N2O3. The molecular weight excluding hydrogens is 244 g/mol. The maximum absolute atomic E-state index is 12.6. The number of aliphatic carboxylic acids is 1. The molecule has 2 fully saturated rings. The molecule has 2 aliphatic rings. The number of carboxylic acids is 1. The third kappa shape index (κ3) is 2.30. The van der Waals surface area contributed by atoms with Gasteiger partial charge in [-0.2, -0.15) is 0 Å². The van der Waals surface area contributed by atoms with Crippen molar-refractivity contribution in [3.05, 3.63) is 0 Å². The zero-order chi connectivity index (χ0) is 14.2. The van der Waals surface area contributed by atoms with Gasteiger partial charge < -0.3 is 14.9 Å². The van der Waals surface area contributed by atoms with Gasteiger partial charge in [-0.3, -0.25) is 4.79 Å². The monoisotopic (exact) mass is 268 g/mol. The lowest BCUT2D eigenvalue weighted by Gasteiger charge is -2.33. The van der Waals surface area contributed by atoms with E-state index in [9.17, 15) is 14.7 Å². The molecule has 2 rings (SSSR count). The number of urea groups is 1. The van der Waals surface area contributed by atoms with Crippen molar-refractivity contribution in [2.45, 2.75) is 64.1 Å². The van der Waals surface area contributed by atoms with E-state index in [1.165, 1.54) is 0 Å². The zero-order valence-electron chi connectivity index (χ0n) is 12.0. The van der Waals surface area contributed by atoms with Crippen LogP contribution in [0.4, 0.5) is 4.79 Å². The molecule has 2 saturated heterocycles. The summed E-state index contributed by atoms with van der Waals surface area (Å²) in [7, 11) is 1.84. The Morgan fingerprint density at radius 2 is 1.95 bits per heavy atom. The van der Waals surface area contributed by atoms with Crippen molar-refractivity contribution in [2.24, 2.45) is 5.92 Å². The summed E-state index contributed by atoms with van der Waals surface area (Å²) in [6, 6.07) is 0.308. The van der Waals surface area contributed by atoms with E-state index in [1.807, 2.05) is 11.9 Å². The topological polar surface area (TPSA) is 60.9 Å².